The Bertz CT molecular complexity index is 805. The Balaban J connectivity index is 1.76. The number of nitrogens with one attached hydrogen (secondary N) is 2. The van der Waals surface area contributed by atoms with E-state index in [1.54, 1.807) is 0 Å². The van der Waals surface area contributed by atoms with Crippen LogP contribution in [0.1, 0.15) is 64.3 Å². The summed E-state index contributed by atoms with van der Waals surface area (Å²) in [6, 6.07) is 18.2. The monoisotopic (exact) mass is 426 g/mol. The smallest absolute Gasteiger partial charge is 0.407 e. The first-order valence-electron chi connectivity index (χ1n) is 10.9. The van der Waals surface area contributed by atoms with E-state index < -0.39 is 12.2 Å². The average molecular weight is 427 g/mol. The minimum atomic E-state index is -0.703. The molecule has 0 radical (unpaired) electrons. The second-order valence-corrected chi connectivity index (χ2v) is 10.2. The summed E-state index contributed by atoms with van der Waals surface area (Å²) in [6.45, 7) is 13.8. The lowest BCUT2D eigenvalue weighted by Gasteiger charge is -2.30. The van der Waals surface area contributed by atoms with Crippen molar-refractivity contribution in [2.45, 2.75) is 65.7 Å². The van der Waals surface area contributed by atoms with E-state index in [1.165, 1.54) is 5.56 Å². The highest BCUT2D eigenvalue weighted by Crippen LogP contribution is 2.35. The molecule has 0 heterocycles. The normalized spacial score (nSPS) is 14.0. The summed E-state index contributed by atoms with van der Waals surface area (Å²) in [4.78, 5) is 12.3. The number of carbonyl (C=O) groups is 1. The predicted octanol–water partition coefficient (Wildman–Crippen LogP) is 4.95. The number of ether oxygens (including phenoxy) is 1. The highest BCUT2D eigenvalue weighted by Gasteiger charge is 2.30. The van der Waals surface area contributed by atoms with Gasteiger partial charge in [0, 0.05) is 25.0 Å². The summed E-state index contributed by atoms with van der Waals surface area (Å²) < 4.78 is 5.68. The van der Waals surface area contributed by atoms with Crippen LogP contribution in [0, 0.1) is 5.41 Å². The lowest BCUT2D eigenvalue weighted by molar-refractivity contribution is 0.0281. The van der Waals surface area contributed by atoms with Crippen molar-refractivity contribution in [2.24, 2.45) is 5.41 Å². The Morgan fingerprint density at radius 2 is 1.55 bits per heavy atom. The Hall–Kier alpha value is -2.37. The van der Waals surface area contributed by atoms with E-state index in [1.807, 2.05) is 51.1 Å². The van der Waals surface area contributed by atoms with Crippen LogP contribution < -0.4 is 10.6 Å². The molecule has 0 fully saturated rings. The minimum absolute atomic E-state index is 0.125. The molecule has 2 unspecified atom stereocenters. The number of hydrogen-bond acceptors (Lipinski definition) is 4. The fraction of sp³-hybridized carbons (Fsp3) is 0.500. The predicted molar refractivity (Wildman–Crippen MR) is 126 cm³/mol. The second-order valence-electron chi connectivity index (χ2n) is 10.2. The Morgan fingerprint density at radius 1 is 0.935 bits per heavy atom. The lowest BCUT2D eigenvalue weighted by atomic mass is 9.84. The number of carbonyl (C=O) groups excluding carboxylic acids is 1. The van der Waals surface area contributed by atoms with Crippen molar-refractivity contribution in [3.63, 3.8) is 0 Å². The van der Waals surface area contributed by atoms with E-state index in [0.717, 1.165) is 11.1 Å². The molecular weight excluding hydrogens is 388 g/mol. The molecule has 0 spiro atoms. The van der Waals surface area contributed by atoms with Crippen LogP contribution >= 0.6 is 0 Å². The van der Waals surface area contributed by atoms with Gasteiger partial charge in [0.15, 0.2) is 0 Å². The average Bonchev–Trinajstić information content (AvgIpc) is 2.70. The van der Waals surface area contributed by atoms with Crippen LogP contribution in [-0.4, -0.2) is 30.4 Å². The van der Waals surface area contributed by atoms with Crippen LogP contribution in [0.2, 0.25) is 0 Å². The standard InChI is InChI=1S/C26H38N2O3/c1-25(2,3)21-14-12-19(13-15-21)16-27-17-22(29)18-28-24(30)31-23(26(4,5)6)20-10-8-7-9-11-20/h7-15,22-23,27,29H,16-18H2,1-6H3,(H,28,30). The number of rotatable bonds is 8. The van der Waals surface area contributed by atoms with E-state index >= 15 is 0 Å². The highest BCUT2D eigenvalue weighted by atomic mass is 16.6. The molecule has 0 saturated heterocycles. The molecule has 170 valence electrons. The summed E-state index contributed by atoms with van der Waals surface area (Å²) in [7, 11) is 0. The Morgan fingerprint density at radius 3 is 2.10 bits per heavy atom. The zero-order valence-electron chi connectivity index (χ0n) is 19.7. The molecule has 0 saturated carbocycles. The van der Waals surface area contributed by atoms with Gasteiger partial charge < -0.3 is 20.5 Å². The van der Waals surface area contributed by atoms with E-state index in [4.69, 9.17) is 4.74 Å². The summed E-state index contributed by atoms with van der Waals surface area (Å²) >= 11 is 0. The number of hydrogen-bond donors (Lipinski definition) is 3. The molecule has 0 aromatic heterocycles. The Kier molecular flexibility index (Phi) is 8.66. The quantitative estimate of drug-likeness (QED) is 0.559. The van der Waals surface area contributed by atoms with Crippen molar-refractivity contribution in [3.05, 3.63) is 71.3 Å². The zero-order chi connectivity index (χ0) is 23.1. The first-order chi connectivity index (χ1) is 14.5. The van der Waals surface area contributed by atoms with Gasteiger partial charge >= 0.3 is 6.09 Å². The van der Waals surface area contributed by atoms with Crippen molar-refractivity contribution in [2.75, 3.05) is 13.1 Å². The number of alkyl carbamates (subject to hydrolysis) is 1. The van der Waals surface area contributed by atoms with E-state index in [9.17, 15) is 9.90 Å². The van der Waals surface area contributed by atoms with Gasteiger partial charge in [0.2, 0.25) is 0 Å². The van der Waals surface area contributed by atoms with Gasteiger partial charge in [0.05, 0.1) is 6.10 Å². The van der Waals surface area contributed by atoms with Gasteiger partial charge in [-0.25, -0.2) is 4.79 Å². The maximum Gasteiger partial charge on any atom is 0.407 e. The molecule has 2 rings (SSSR count). The van der Waals surface area contributed by atoms with Crippen LogP contribution in [0.4, 0.5) is 4.79 Å². The van der Waals surface area contributed by atoms with Crippen molar-refractivity contribution < 1.29 is 14.6 Å². The lowest BCUT2D eigenvalue weighted by Crippen LogP contribution is -2.39. The van der Waals surface area contributed by atoms with Crippen molar-refractivity contribution in [1.82, 2.24) is 10.6 Å². The van der Waals surface area contributed by atoms with Gasteiger partial charge in [-0.2, -0.15) is 0 Å². The van der Waals surface area contributed by atoms with Gasteiger partial charge in [-0.15, -0.1) is 0 Å². The second kappa shape index (κ2) is 10.8. The molecule has 2 aromatic rings. The molecule has 2 aromatic carbocycles. The third-order valence-electron chi connectivity index (χ3n) is 5.12. The van der Waals surface area contributed by atoms with Gasteiger partial charge in [-0.1, -0.05) is 96.1 Å². The Labute approximate surface area is 187 Å². The first kappa shape index (κ1) is 24.9. The van der Waals surface area contributed by atoms with Gasteiger partial charge in [-0.05, 0) is 22.1 Å². The molecule has 2 atom stereocenters. The topological polar surface area (TPSA) is 70.6 Å². The summed E-state index contributed by atoms with van der Waals surface area (Å²) in [5.41, 5.74) is 3.28. The van der Waals surface area contributed by atoms with Crippen LogP contribution in [0.15, 0.2) is 54.6 Å². The van der Waals surface area contributed by atoms with Gasteiger partial charge in [-0.3, -0.25) is 0 Å². The highest BCUT2D eigenvalue weighted by molar-refractivity contribution is 5.67. The summed E-state index contributed by atoms with van der Waals surface area (Å²) in [5.74, 6) is 0. The third-order valence-corrected chi connectivity index (χ3v) is 5.12. The van der Waals surface area contributed by atoms with Crippen molar-refractivity contribution in [1.29, 1.82) is 0 Å². The first-order valence-corrected chi connectivity index (χ1v) is 10.9. The molecule has 0 bridgehead atoms. The molecule has 5 nitrogen and oxygen atoms in total. The van der Waals surface area contributed by atoms with Crippen molar-refractivity contribution in [3.8, 4) is 0 Å². The number of benzene rings is 2. The molecule has 0 aliphatic rings. The number of amides is 1. The number of aliphatic hydroxyl groups is 1. The third kappa shape index (κ3) is 8.35. The number of aliphatic hydroxyl groups excluding tert-OH is 1. The molecule has 3 N–H and O–H groups in total. The van der Waals surface area contributed by atoms with Crippen LogP contribution in [-0.2, 0) is 16.7 Å². The van der Waals surface area contributed by atoms with E-state index in [2.05, 4.69) is 55.7 Å². The van der Waals surface area contributed by atoms with Crippen LogP contribution in [0.3, 0.4) is 0 Å². The van der Waals surface area contributed by atoms with Crippen LogP contribution in [0.5, 0.6) is 0 Å². The maximum atomic E-state index is 12.3. The fourth-order valence-corrected chi connectivity index (χ4v) is 3.30. The molecule has 1 amide bonds. The fourth-order valence-electron chi connectivity index (χ4n) is 3.30. The molecular formula is C26H38N2O3. The van der Waals surface area contributed by atoms with E-state index in [-0.39, 0.29) is 23.5 Å². The van der Waals surface area contributed by atoms with Crippen LogP contribution in [0.25, 0.3) is 0 Å². The largest absolute Gasteiger partial charge is 0.441 e. The summed E-state index contributed by atoms with van der Waals surface area (Å²) in [5, 5.41) is 16.1. The molecule has 0 aliphatic carbocycles. The van der Waals surface area contributed by atoms with Gasteiger partial charge in [0.25, 0.3) is 0 Å². The van der Waals surface area contributed by atoms with Gasteiger partial charge in [0.1, 0.15) is 6.10 Å². The SMILES string of the molecule is CC(C)(C)c1ccc(CNCC(O)CNC(=O)OC(c2ccccc2)C(C)(C)C)cc1. The maximum absolute atomic E-state index is 12.3. The minimum Gasteiger partial charge on any atom is -0.441 e. The molecule has 5 heteroatoms. The van der Waals surface area contributed by atoms with E-state index in [0.29, 0.717) is 13.1 Å². The molecule has 31 heavy (non-hydrogen) atoms. The zero-order valence-corrected chi connectivity index (χ0v) is 19.7. The molecule has 0 aliphatic heterocycles. The summed E-state index contributed by atoms with van der Waals surface area (Å²) in [6.07, 6.45) is -1.60. The van der Waals surface area contributed by atoms with Crippen molar-refractivity contribution >= 4 is 6.09 Å².